The summed E-state index contributed by atoms with van der Waals surface area (Å²) in [6.45, 7) is 2.93. The van der Waals surface area contributed by atoms with E-state index in [0.717, 1.165) is 0 Å². The zero-order valence-electron chi connectivity index (χ0n) is 13.6. The van der Waals surface area contributed by atoms with Crippen molar-refractivity contribution in [2.24, 2.45) is 0 Å². The predicted octanol–water partition coefficient (Wildman–Crippen LogP) is 3.31. The van der Waals surface area contributed by atoms with Crippen molar-refractivity contribution in [1.82, 2.24) is 9.80 Å². The lowest BCUT2D eigenvalue weighted by molar-refractivity contribution is 0.0627. The molecule has 1 aliphatic rings. The summed E-state index contributed by atoms with van der Waals surface area (Å²) >= 11 is 5.85. The van der Waals surface area contributed by atoms with Crippen LogP contribution in [0.2, 0.25) is 5.02 Å². The molecule has 0 aromatic heterocycles. The van der Waals surface area contributed by atoms with Gasteiger partial charge in [-0.3, -0.25) is 9.69 Å². The molecule has 4 nitrogen and oxygen atoms in total. The normalized spacial score (nSPS) is 15.0. The monoisotopic (exact) mass is 357 g/mol. The summed E-state index contributed by atoms with van der Waals surface area (Å²) in [7, 11) is 0. The highest BCUT2D eigenvalue weighted by Gasteiger charge is 2.22. The van der Waals surface area contributed by atoms with Gasteiger partial charge in [0.2, 0.25) is 0 Å². The molecule has 0 radical (unpaired) electrons. The lowest BCUT2D eigenvalue weighted by atomic mass is 10.1. The third-order valence-electron chi connectivity index (χ3n) is 4.32. The number of amides is 1. The highest BCUT2D eigenvalue weighted by atomic mass is 35.5. The molecular formula is C19H17ClFN3O. The third-order valence-corrected chi connectivity index (χ3v) is 4.57. The number of nitriles is 1. The molecule has 0 aliphatic carbocycles. The fourth-order valence-corrected chi connectivity index (χ4v) is 3.02. The molecule has 0 spiro atoms. The fraction of sp³-hybridized carbons (Fsp3) is 0.263. The van der Waals surface area contributed by atoms with Gasteiger partial charge >= 0.3 is 0 Å². The van der Waals surface area contributed by atoms with Gasteiger partial charge in [-0.1, -0.05) is 11.6 Å². The summed E-state index contributed by atoms with van der Waals surface area (Å²) < 4.78 is 13.9. The molecule has 1 aliphatic heterocycles. The maximum absolute atomic E-state index is 13.9. The van der Waals surface area contributed by atoms with Crippen LogP contribution in [0.4, 0.5) is 4.39 Å². The lowest BCUT2D eigenvalue weighted by Crippen LogP contribution is -2.48. The fourth-order valence-electron chi connectivity index (χ4n) is 2.89. The number of nitrogens with zero attached hydrogens (tertiary/aromatic N) is 3. The molecular weight excluding hydrogens is 341 g/mol. The van der Waals surface area contributed by atoms with Gasteiger partial charge in [-0.15, -0.1) is 0 Å². The number of hydrogen-bond acceptors (Lipinski definition) is 3. The maximum atomic E-state index is 13.9. The minimum absolute atomic E-state index is 0.0195. The zero-order valence-corrected chi connectivity index (χ0v) is 14.3. The van der Waals surface area contributed by atoms with Crippen molar-refractivity contribution < 1.29 is 9.18 Å². The van der Waals surface area contributed by atoms with Crippen molar-refractivity contribution in [2.45, 2.75) is 6.54 Å². The highest BCUT2D eigenvalue weighted by Crippen LogP contribution is 2.16. The van der Waals surface area contributed by atoms with Crippen molar-refractivity contribution in [3.63, 3.8) is 0 Å². The van der Waals surface area contributed by atoms with Crippen molar-refractivity contribution in [1.29, 1.82) is 5.26 Å². The van der Waals surface area contributed by atoms with E-state index in [-0.39, 0.29) is 11.7 Å². The van der Waals surface area contributed by atoms with Gasteiger partial charge in [0.15, 0.2) is 0 Å². The third kappa shape index (κ3) is 4.16. The largest absolute Gasteiger partial charge is 0.336 e. The molecule has 2 aromatic carbocycles. The first-order valence-electron chi connectivity index (χ1n) is 8.02. The molecule has 0 bridgehead atoms. The molecule has 2 aromatic rings. The molecule has 0 saturated carbocycles. The molecule has 0 unspecified atom stereocenters. The molecule has 1 saturated heterocycles. The molecule has 6 heteroatoms. The second-order valence-electron chi connectivity index (χ2n) is 5.99. The van der Waals surface area contributed by atoms with Crippen molar-refractivity contribution in [2.75, 3.05) is 26.2 Å². The van der Waals surface area contributed by atoms with Gasteiger partial charge in [0.05, 0.1) is 11.6 Å². The summed E-state index contributed by atoms with van der Waals surface area (Å²) in [4.78, 5) is 16.4. The van der Waals surface area contributed by atoms with E-state index in [1.807, 2.05) is 6.07 Å². The smallest absolute Gasteiger partial charge is 0.253 e. The SMILES string of the molecule is N#Cc1ccc(F)c(CN2CCN(C(=O)c3ccc(Cl)cc3)CC2)c1. The average molecular weight is 358 g/mol. The van der Waals surface area contributed by atoms with Gasteiger partial charge in [0.25, 0.3) is 5.91 Å². The first-order chi connectivity index (χ1) is 12.1. The van der Waals surface area contributed by atoms with Crippen molar-refractivity contribution in [3.8, 4) is 6.07 Å². The number of hydrogen-bond donors (Lipinski definition) is 0. The number of carbonyl (C=O) groups excluding carboxylic acids is 1. The number of carbonyl (C=O) groups is 1. The van der Waals surface area contributed by atoms with E-state index in [9.17, 15) is 9.18 Å². The van der Waals surface area contributed by atoms with E-state index in [0.29, 0.717) is 54.4 Å². The molecule has 128 valence electrons. The molecule has 0 atom stereocenters. The number of halogens is 2. The topological polar surface area (TPSA) is 47.3 Å². The van der Waals surface area contributed by atoms with Crippen LogP contribution >= 0.6 is 11.6 Å². The van der Waals surface area contributed by atoms with Crippen LogP contribution in [0.25, 0.3) is 0 Å². The summed E-state index contributed by atoms with van der Waals surface area (Å²) in [6.07, 6.45) is 0. The Bertz CT molecular complexity index is 808. The molecule has 0 N–H and O–H groups in total. The first-order valence-corrected chi connectivity index (χ1v) is 8.40. The van der Waals surface area contributed by atoms with Gasteiger partial charge in [0.1, 0.15) is 5.82 Å². The minimum Gasteiger partial charge on any atom is -0.336 e. The van der Waals surface area contributed by atoms with Crippen molar-refractivity contribution >= 4 is 17.5 Å². The Kier molecular flexibility index (Phi) is 5.32. The van der Waals surface area contributed by atoms with E-state index in [1.165, 1.54) is 12.1 Å². The van der Waals surface area contributed by atoms with Crippen LogP contribution in [-0.2, 0) is 6.54 Å². The quantitative estimate of drug-likeness (QED) is 0.846. The molecule has 1 heterocycles. The Hall–Kier alpha value is -2.42. The maximum Gasteiger partial charge on any atom is 0.253 e. The summed E-state index contributed by atoms with van der Waals surface area (Å²) in [5.74, 6) is -0.326. The van der Waals surface area contributed by atoms with Crippen LogP contribution in [0, 0.1) is 17.1 Å². The number of benzene rings is 2. The highest BCUT2D eigenvalue weighted by molar-refractivity contribution is 6.30. The summed E-state index contributed by atoms with van der Waals surface area (Å²) in [5.41, 5.74) is 1.58. The van der Waals surface area contributed by atoms with E-state index in [1.54, 1.807) is 35.2 Å². The van der Waals surface area contributed by atoms with Gasteiger partial charge in [0, 0.05) is 48.9 Å². The lowest BCUT2D eigenvalue weighted by Gasteiger charge is -2.34. The Morgan fingerprint density at radius 2 is 1.80 bits per heavy atom. The Labute approximate surface area is 151 Å². The number of rotatable bonds is 3. The van der Waals surface area contributed by atoms with Crippen LogP contribution < -0.4 is 0 Å². The van der Waals surface area contributed by atoms with Gasteiger partial charge in [-0.05, 0) is 42.5 Å². The summed E-state index contributed by atoms with van der Waals surface area (Å²) in [5, 5.41) is 9.54. The molecule has 25 heavy (non-hydrogen) atoms. The predicted molar refractivity (Wildman–Crippen MR) is 93.7 cm³/mol. The Morgan fingerprint density at radius 3 is 2.44 bits per heavy atom. The Balaban J connectivity index is 1.59. The van der Waals surface area contributed by atoms with E-state index >= 15 is 0 Å². The van der Waals surface area contributed by atoms with Crippen molar-refractivity contribution in [3.05, 3.63) is 70.0 Å². The average Bonchev–Trinajstić information content (AvgIpc) is 2.64. The van der Waals surface area contributed by atoms with Crippen LogP contribution in [0.5, 0.6) is 0 Å². The minimum atomic E-state index is -0.307. The van der Waals surface area contributed by atoms with Crippen LogP contribution in [-0.4, -0.2) is 41.9 Å². The summed E-state index contributed by atoms with van der Waals surface area (Å²) in [6, 6.07) is 13.3. The first kappa shape index (κ1) is 17.4. The zero-order chi connectivity index (χ0) is 17.8. The van der Waals surface area contributed by atoms with Crippen LogP contribution in [0.1, 0.15) is 21.5 Å². The van der Waals surface area contributed by atoms with Gasteiger partial charge < -0.3 is 4.90 Å². The van der Waals surface area contributed by atoms with Gasteiger partial charge in [-0.25, -0.2) is 4.39 Å². The van der Waals surface area contributed by atoms with E-state index < -0.39 is 0 Å². The number of piperazine rings is 1. The Morgan fingerprint density at radius 1 is 1.12 bits per heavy atom. The molecule has 1 fully saturated rings. The molecule has 1 amide bonds. The second-order valence-corrected chi connectivity index (χ2v) is 6.43. The molecule has 3 rings (SSSR count). The van der Waals surface area contributed by atoms with Crippen LogP contribution in [0.3, 0.4) is 0 Å². The van der Waals surface area contributed by atoms with E-state index in [4.69, 9.17) is 16.9 Å². The second kappa shape index (κ2) is 7.64. The van der Waals surface area contributed by atoms with Crippen LogP contribution in [0.15, 0.2) is 42.5 Å². The van der Waals surface area contributed by atoms with E-state index in [2.05, 4.69) is 4.90 Å². The standard InChI is InChI=1S/C19H17ClFN3O/c20-17-4-2-15(3-5-17)19(25)24-9-7-23(8-10-24)13-16-11-14(12-22)1-6-18(16)21/h1-6,11H,7-10,13H2. The van der Waals surface area contributed by atoms with Gasteiger partial charge in [-0.2, -0.15) is 5.26 Å².